The maximum absolute atomic E-state index is 13.9. The number of halogens is 2. The lowest BCUT2D eigenvalue weighted by Gasteiger charge is -2.20. The molecule has 0 spiro atoms. The fourth-order valence-corrected chi connectivity index (χ4v) is 6.20. The van der Waals surface area contributed by atoms with Crippen LogP contribution in [0.4, 0.5) is 4.39 Å². The van der Waals surface area contributed by atoms with Gasteiger partial charge >= 0.3 is 0 Å². The number of hydrogen-bond donors (Lipinski definition) is 0. The number of rotatable bonds is 5. The first kappa shape index (κ1) is 19.5. The second-order valence-corrected chi connectivity index (χ2v) is 9.86. The van der Waals surface area contributed by atoms with E-state index >= 15 is 0 Å². The van der Waals surface area contributed by atoms with Crippen molar-refractivity contribution in [1.29, 1.82) is 0 Å². The standard InChI is InChI=1S/C17H18BrFN2O3S2/c1-20(11-12-10-13(18)4-5-14(12)19)17(22)16-15(6-9-25-16)26(23,24)21-7-2-3-8-21/h4-6,9-10H,2-3,7-8,11H2,1H3. The van der Waals surface area contributed by atoms with Crippen LogP contribution in [-0.2, 0) is 16.6 Å². The average Bonchev–Trinajstić information content (AvgIpc) is 3.29. The Balaban J connectivity index is 1.84. The largest absolute Gasteiger partial charge is 0.337 e. The molecule has 3 rings (SSSR count). The van der Waals surface area contributed by atoms with E-state index in [-0.39, 0.29) is 16.3 Å². The van der Waals surface area contributed by atoms with Gasteiger partial charge in [-0.3, -0.25) is 4.79 Å². The van der Waals surface area contributed by atoms with Crippen LogP contribution in [-0.4, -0.2) is 43.7 Å². The molecule has 2 heterocycles. The first-order chi connectivity index (χ1) is 12.3. The Morgan fingerprint density at radius 2 is 2.00 bits per heavy atom. The van der Waals surface area contributed by atoms with Gasteiger partial charge in [-0.25, -0.2) is 12.8 Å². The Kier molecular flexibility index (Phi) is 5.81. The summed E-state index contributed by atoms with van der Waals surface area (Å²) in [6.45, 7) is 1.00. The average molecular weight is 461 g/mol. The van der Waals surface area contributed by atoms with Crippen LogP contribution in [0.1, 0.15) is 28.1 Å². The molecule has 26 heavy (non-hydrogen) atoms. The molecule has 5 nitrogen and oxygen atoms in total. The van der Waals surface area contributed by atoms with Crippen molar-refractivity contribution in [3.63, 3.8) is 0 Å². The third-order valence-corrected chi connectivity index (χ3v) is 7.73. The molecule has 9 heteroatoms. The quantitative estimate of drug-likeness (QED) is 0.683. The number of carbonyl (C=O) groups is 1. The zero-order valence-electron chi connectivity index (χ0n) is 14.1. The predicted octanol–water partition coefficient (Wildman–Crippen LogP) is 3.71. The second-order valence-electron chi connectivity index (χ2n) is 6.12. The highest BCUT2D eigenvalue weighted by Gasteiger charge is 2.32. The highest BCUT2D eigenvalue weighted by molar-refractivity contribution is 9.10. The molecule has 2 aromatic rings. The fourth-order valence-electron chi connectivity index (χ4n) is 2.89. The first-order valence-corrected chi connectivity index (χ1v) is 11.2. The van der Waals surface area contributed by atoms with E-state index in [2.05, 4.69) is 15.9 Å². The number of amides is 1. The lowest BCUT2D eigenvalue weighted by atomic mass is 10.2. The van der Waals surface area contributed by atoms with E-state index in [1.54, 1.807) is 17.5 Å². The van der Waals surface area contributed by atoms with Crippen LogP contribution in [0.5, 0.6) is 0 Å². The van der Waals surface area contributed by atoms with Crippen LogP contribution in [0.15, 0.2) is 39.0 Å². The van der Waals surface area contributed by atoms with Crippen molar-refractivity contribution in [3.05, 3.63) is 50.4 Å². The second kappa shape index (κ2) is 7.75. The lowest BCUT2D eigenvalue weighted by Crippen LogP contribution is -2.31. The molecule has 0 N–H and O–H groups in total. The van der Waals surface area contributed by atoms with Gasteiger partial charge in [0.25, 0.3) is 5.91 Å². The van der Waals surface area contributed by atoms with Crippen LogP contribution >= 0.6 is 27.3 Å². The molecule has 1 aromatic heterocycles. The third-order valence-electron chi connectivity index (χ3n) is 4.27. The topological polar surface area (TPSA) is 57.7 Å². The number of benzene rings is 1. The van der Waals surface area contributed by atoms with Crippen molar-refractivity contribution in [1.82, 2.24) is 9.21 Å². The SMILES string of the molecule is CN(Cc1cc(Br)ccc1F)C(=O)c1sccc1S(=O)(=O)N1CCCC1. The Labute approximate surface area is 164 Å². The molecule has 1 amide bonds. The summed E-state index contributed by atoms with van der Waals surface area (Å²) in [6, 6.07) is 5.99. The summed E-state index contributed by atoms with van der Waals surface area (Å²) in [5, 5.41) is 1.60. The molecule has 1 saturated heterocycles. The highest BCUT2D eigenvalue weighted by atomic mass is 79.9. The van der Waals surface area contributed by atoms with Crippen molar-refractivity contribution >= 4 is 43.2 Å². The minimum absolute atomic E-state index is 0.0379. The van der Waals surface area contributed by atoms with Gasteiger partial charge in [0.2, 0.25) is 10.0 Å². The summed E-state index contributed by atoms with van der Waals surface area (Å²) >= 11 is 4.37. The van der Waals surface area contributed by atoms with Gasteiger partial charge in [-0.1, -0.05) is 15.9 Å². The zero-order chi connectivity index (χ0) is 18.9. The zero-order valence-corrected chi connectivity index (χ0v) is 17.3. The Morgan fingerprint density at radius 1 is 1.31 bits per heavy atom. The van der Waals surface area contributed by atoms with Crippen LogP contribution in [0.3, 0.4) is 0 Å². The normalized spacial score (nSPS) is 15.3. The molecule has 1 aliphatic heterocycles. The van der Waals surface area contributed by atoms with Crippen LogP contribution in [0, 0.1) is 5.82 Å². The van der Waals surface area contributed by atoms with E-state index in [1.165, 1.54) is 28.4 Å². The van der Waals surface area contributed by atoms with Gasteiger partial charge in [0, 0.05) is 36.7 Å². The molecule has 1 aliphatic rings. The third kappa shape index (κ3) is 3.85. The Bertz CT molecular complexity index is 924. The van der Waals surface area contributed by atoms with E-state index in [9.17, 15) is 17.6 Å². The number of sulfonamides is 1. The maximum Gasteiger partial charge on any atom is 0.265 e. The molecule has 0 radical (unpaired) electrons. The molecule has 0 bridgehead atoms. The number of nitrogens with zero attached hydrogens (tertiary/aromatic N) is 2. The molecular weight excluding hydrogens is 443 g/mol. The first-order valence-electron chi connectivity index (χ1n) is 8.08. The Hall–Kier alpha value is -1.29. The van der Waals surface area contributed by atoms with Gasteiger partial charge in [-0.15, -0.1) is 11.3 Å². The molecule has 0 saturated carbocycles. The molecule has 1 aromatic carbocycles. The van der Waals surface area contributed by atoms with Gasteiger partial charge in [0.05, 0.1) is 0 Å². The van der Waals surface area contributed by atoms with Crippen molar-refractivity contribution in [3.8, 4) is 0 Å². The summed E-state index contributed by atoms with van der Waals surface area (Å²) in [4.78, 5) is 14.3. The highest BCUT2D eigenvalue weighted by Crippen LogP contribution is 2.29. The van der Waals surface area contributed by atoms with E-state index in [0.717, 1.165) is 24.2 Å². The summed E-state index contributed by atoms with van der Waals surface area (Å²) in [7, 11) is -2.14. The van der Waals surface area contributed by atoms with Crippen molar-refractivity contribution < 1.29 is 17.6 Å². The fraction of sp³-hybridized carbons (Fsp3) is 0.353. The molecule has 1 fully saturated rings. The smallest absolute Gasteiger partial charge is 0.265 e. The van der Waals surface area contributed by atoms with E-state index in [4.69, 9.17) is 0 Å². The number of carbonyl (C=O) groups excluding carboxylic acids is 1. The lowest BCUT2D eigenvalue weighted by molar-refractivity contribution is 0.0785. The van der Waals surface area contributed by atoms with Crippen molar-refractivity contribution in [2.75, 3.05) is 20.1 Å². The van der Waals surface area contributed by atoms with Gasteiger partial charge in [0.15, 0.2) is 0 Å². The van der Waals surface area contributed by atoms with Gasteiger partial charge in [-0.05, 0) is 42.5 Å². The number of thiophene rings is 1. The molecule has 0 unspecified atom stereocenters. The van der Waals surface area contributed by atoms with Crippen LogP contribution in [0.2, 0.25) is 0 Å². The summed E-state index contributed by atoms with van der Waals surface area (Å²) in [5.41, 5.74) is 0.357. The van der Waals surface area contributed by atoms with Crippen LogP contribution in [0.25, 0.3) is 0 Å². The molecule has 0 atom stereocenters. The van der Waals surface area contributed by atoms with E-state index in [1.807, 2.05) is 0 Å². The molecule has 0 aliphatic carbocycles. The minimum Gasteiger partial charge on any atom is -0.337 e. The van der Waals surface area contributed by atoms with E-state index < -0.39 is 21.7 Å². The van der Waals surface area contributed by atoms with Gasteiger partial charge < -0.3 is 4.90 Å². The Morgan fingerprint density at radius 3 is 2.69 bits per heavy atom. The van der Waals surface area contributed by atoms with E-state index in [0.29, 0.717) is 23.1 Å². The van der Waals surface area contributed by atoms with Crippen molar-refractivity contribution in [2.45, 2.75) is 24.3 Å². The maximum atomic E-state index is 13.9. The molecular formula is C17H18BrFN2O3S2. The van der Waals surface area contributed by atoms with Crippen molar-refractivity contribution in [2.24, 2.45) is 0 Å². The summed E-state index contributed by atoms with van der Waals surface area (Å²) in [6.07, 6.45) is 1.66. The molecule has 140 valence electrons. The minimum atomic E-state index is -3.68. The number of hydrogen-bond acceptors (Lipinski definition) is 4. The predicted molar refractivity (Wildman–Crippen MR) is 102 cm³/mol. The summed E-state index contributed by atoms with van der Waals surface area (Å²) < 4.78 is 41.7. The monoisotopic (exact) mass is 460 g/mol. The van der Waals surface area contributed by atoms with Crippen LogP contribution < -0.4 is 0 Å². The summed E-state index contributed by atoms with van der Waals surface area (Å²) in [5.74, 6) is -0.846. The van der Waals surface area contributed by atoms with Gasteiger partial charge in [0.1, 0.15) is 15.6 Å². The van der Waals surface area contributed by atoms with Gasteiger partial charge in [-0.2, -0.15) is 4.31 Å².